The molecule has 90 valence electrons. The number of imidazole rings is 1. The van der Waals surface area contributed by atoms with Crippen molar-refractivity contribution in [1.29, 1.82) is 0 Å². The van der Waals surface area contributed by atoms with Crippen molar-refractivity contribution >= 4 is 0 Å². The molecular weight excluding hydrogens is 202 g/mol. The molecule has 1 fully saturated rings. The Balaban J connectivity index is 1.92. The summed E-state index contributed by atoms with van der Waals surface area (Å²) in [5.41, 5.74) is 0.0963. The molecule has 0 amide bonds. The molecule has 4 nitrogen and oxygen atoms in total. The highest BCUT2D eigenvalue weighted by molar-refractivity contribution is 4.84. The first kappa shape index (κ1) is 11.5. The lowest BCUT2D eigenvalue weighted by Gasteiger charge is -2.18. The molecule has 0 aliphatic heterocycles. The second-order valence-corrected chi connectivity index (χ2v) is 4.76. The lowest BCUT2D eigenvalue weighted by atomic mass is 10.00. The molecule has 4 heteroatoms. The minimum absolute atomic E-state index is 0.0963. The van der Waals surface area contributed by atoms with Gasteiger partial charge in [-0.25, -0.2) is 4.79 Å². The Morgan fingerprint density at radius 1 is 1.44 bits per heavy atom. The zero-order valence-electron chi connectivity index (χ0n) is 10.1. The molecule has 1 N–H and O–H groups in total. The summed E-state index contributed by atoms with van der Waals surface area (Å²) in [5, 5.41) is 3.38. The predicted octanol–water partition coefficient (Wildman–Crippen LogP) is 0.965. The van der Waals surface area contributed by atoms with E-state index >= 15 is 0 Å². The van der Waals surface area contributed by atoms with Crippen LogP contribution in [0.2, 0.25) is 0 Å². The Hall–Kier alpha value is -1.03. The molecule has 16 heavy (non-hydrogen) atoms. The maximum Gasteiger partial charge on any atom is 0.327 e. The summed E-state index contributed by atoms with van der Waals surface area (Å²) >= 11 is 0. The molecule has 1 heterocycles. The first-order chi connectivity index (χ1) is 7.72. The van der Waals surface area contributed by atoms with Crippen molar-refractivity contribution < 1.29 is 0 Å². The van der Waals surface area contributed by atoms with Crippen molar-refractivity contribution in [2.45, 2.75) is 38.3 Å². The average Bonchev–Trinajstić information content (AvgIpc) is 2.86. The van der Waals surface area contributed by atoms with Gasteiger partial charge in [-0.2, -0.15) is 0 Å². The van der Waals surface area contributed by atoms with Gasteiger partial charge in [0.25, 0.3) is 0 Å². The zero-order valence-corrected chi connectivity index (χ0v) is 10.1. The number of nitrogens with one attached hydrogen (secondary N) is 1. The van der Waals surface area contributed by atoms with Gasteiger partial charge in [0.15, 0.2) is 0 Å². The fourth-order valence-electron chi connectivity index (χ4n) is 2.75. The number of hydrogen-bond donors (Lipinski definition) is 1. The fraction of sp³-hybridized carbons (Fsp3) is 0.750. The van der Waals surface area contributed by atoms with Crippen LogP contribution in [0.25, 0.3) is 0 Å². The highest BCUT2D eigenvalue weighted by Crippen LogP contribution is 2.28. The van der Waals surface area contributed by atoms with Gasteiger partial charge >= 0.3 is 5.69 Å². The van der Waals surface area contributed by atoms with Crippen LogP contribution in [0, 0.1) is 5.92 Å². The highest BCUT2D eigenvalue weighted by Gasteiger charge is 2.25. The molecule has 0 saturated heterocycles. The predicted molar refractivity (Wildman–Crippen MR) is 64.5 cm³/mol. The highest BCUT2D eigenvalue weighted by atomic mass is 16.1. The summed E-state index contributed by atoms with van der Waals surface area (Å²) in [6.07, 6.45) is 8.71. The van der Waals surface area contributed by atoms with Crippen LogP contribution in [0.15, 0.2) is 17.2 Å². The van der Waals surface area contributed by atoms with E-state index in [1.807, 2.05) is 24.0 Å². The van der Waals surface area contributed by atoms with Gasteiger partial charge in [-0.1, -0.05) is 6.42 Å². The first-order valence-corrected chi connectivity index (χ1v) is 6.11. The van der Waals surface area contributed by atoms with E-state index in [1.54, 1.807) is 11.6 Å². The van der Waals surface area contributed by atoms with Crippen LogP contribution in [0.4, 0.5) is 0 Å². The molecule has 0 radical (unpaired) electrons. The molecule has 1 aromatic heterocycles. The molecule has 0 bridgehead atoms. The second-order valence-electron chi connectivity index (χ2n) is 4.76. The third-order valence-corrected chi connectivity index (χ3v) is 3.79. The smallest absolute Gasteiger partial charge is 0.317 e. The van der Waals surface area contributed by atoms with Gasteiger partial charge in [-0.05, 0) is 32.2 Å². The summed E-state index contributed by atoms with van der Waals surface area (Å²) in [6, 6.07) is 0.652. The van der Waals surface area contributed by atoms with Crippen molar-refractivity contribution in [2.24, 2.45) is 13.0 Å². The van der Waals surface area contributed by atoms with Gasteiger partial charge in [0.1, 0.15) is 0 Å². The minimum Gasteiger partial charge on any atom is -0.317 e. The molecule has 2 rings (SSSR count). The first-order valence-electron chi connectivity index (χ1n) is 6.11. The van der Waals surface area contributed by atoms with E-state index in [0.717, 1.165) is 18.9 Å². The van der Waals surface area contributed by atoms with Crippen molar-refractivity contribution in [3.63, 3.8) is 0 Å². The average molecular weight is 223 g/mol. The maximum absolute atomic E-state index is 11.6. The van der Waals surface area contributed by atoms with E-state index in [0.29, 0.717) is 6.04 Å². The van der Waals surface area contributed by atoms with Crippen molar-refractivity contribution in [1.82, 2.24) is 14.5 Å². The molecule has 1 aliphatic rings. The van der Waals surface area contributed by atoms with Crippen LogP contribution in [-0.2, 0) is 13.6 Å². The summed E-state index contributed by atoms with van der Waals surface area (Å²) in [7, 11) is 3.84. The number of hydrogen-bond acceptors (Lipinski definition) is 2. The third kappa shape index (κ3) is 2.21. The Bertz CT molecular complexity index is 393. The molecule has 0 spiro atoms. The lowest BCUT2D eigenvalue weighted by molar-refractivity contribution is 0.375. The van der Waals surface area contributed by atoms with Crippen LogP contribution < -0.4 is 11.0 Å². The van der Waals surface area contributed by atoms with Gasteiger partial charge < -0.3 is 9.88 Å². The largest absolute Gasteiger partial charge is 0.327 e. The van der Waals surface area contributed by atoms with E-state index in [-0.39, 0.29) is 5.69 Å². The van der Waals surface area contributed by atoms with Crippen molar-refractivity contribution in [3.05, 3.63) is 22.9 Å². The van der Waals surface area contributed by atoms with Gasteiger partial charge in [-0.15, -0.1) is 0 Å². The maximum atomic E-state index is 11.6. The van der Waals surface area contributed by atoms with Crippen molar-refractivity contribution in [3.8, 4) is 0 Å². The summed E-state index contributed by atoms with van der Waals surface area (Å²) < 4.78 is 3.44. The molecule has 1 aromatic rings. The van der Waals surface area contributed by atoms with E-state index in [2.05, 4.69) is 5.32 Å². The number of nitrogens with zero attached hydrogens (tertiary/aromatic N) is 2. The normalized spacial score (nSPS) is 25.1. The lowest BCUT2D eigenvalue weighted by Crippen LogP contribution is -2.30. The molecule has 1 saturated carbocycles. The standard InChI is InChI=1S/C12H21N3O/c1-13-11-5-3-4-10(11)6-7-15-9-8-14(2)12(15)16/h8-11,13H,3-7H2,1-2H3. The molecule has 2 unspecified atom stereocenters. The van der Waals surface area contributed by atoms with Gasteiger partial charge in [-0.3, -0.25) is 4.57 Å². The molecule has 0 aromatic carbocycles. The summed E-state index contributed by atoms with van der Waals surface area (Å²) in [6.45, 7) is 0.850. The van der Waals surface area contributed by atoms with Crippen LogP contribution in [0.1, 0.15) is 25.7 Å². The topological polar surface area (TPSA) is 39.0 Å². The second kappa shape index (κ2) is 4.87. The Kier molecular flexibility index (Phi) is 3.49. The third-order valence-electron chi connectivity index (χ3n) is 3.79. The fourth-order valence-corrected chi connectivity index (χ4v) is 2.75. The van der Waals surface area contributed by atoms with Gasteiger partial charge in [0, 0.05) is 32.0 Å². The van der Waals surface area contributed by atoms with E-state index in [4.69, 9.17) is 0 Å². The monoisotopic (exact) mass is 223 g/mol. The van der Waals surface area contributed by atoms with Gasteiger partial charge in [0.05, 0.1) is 0 Å². The molecular formula is C12H21N3O. The van der Waals surface area contributed by atoms with Crippen LogP contribution in [0.5, 0.6) is 0 Å². The SMILES string of the molecule is CNC1CCCC1CCn1ccn(C)c1=O. The van der Waals surface area contributed by atoms with Gasteiger partial charge in [0.2, 0.25) is 0 Å². The van der Waals surface area contributed by atoms with Crippen molar-refractivity contribution in [2.75, 3.05) is 7.05 Å². The van der Waals surface area contributed by atoms with E-state index in [9.17, 15) is 4.79 Å². The minimum atomic E-state index is 0.0963. The molecule has 2 atom stereocenters. The van der Waals surface area contributed by atoms with E-state index in [1.165, 1.54) is 19.3 Å². The Morgan fingerprint density at radius 2 is 2.25 bits per heavy atom. The quantitative estimate of drug-likeness (QED) is 0.826. The zero-order chi connectivity index (χ0) is 11.5. The number of aromatic nitrogens is 2. The van der Waals surface area contributed by atoms with E-state index < -0.39 is 0 Å². The Morgan fingerprint density at radius 3 is 2.88 bits per heavy atom. The van der Waals surface area contributed by atoms with Crippen LogP contribution >= 0.6 is 0 Å². The Labute approximate surface area is 96.3 Å². The summed E-state index contributed by atoms with van der Waals surface area (Å²) in [4.78, 5) is 11.6. The van der Waals surface area contributed by atoms with Crippen LogP contribution in [0.3, 0.4) is 0 Å². The number of aryl methyl sites for hydroxylation is 2. The molecule has 1 aliphatic carbocycles. The summed E-state index contributed by atoms with van der Waals surface area (Å²) in [5.74, 6) is 0.733. The number of rotatable bonds is 4. The van der Waals surface area contributed by atoms with Crippen LogP contribution in [-0.4, -0.2) is 22.2 Å².